The van der Waals surface area contributed by atoms with Crippen LogP contribution in [0.15, 0.2) is 24.3 Å². The molecule has 3 fully saturated rings. The van der Waals surface area contributed by atoms with E-state index in [1.807, 2.05) is 0 Å². The number of halogens is 4. The van der Waals surface area contributed by atoms with Crippen LogP contribution in [0.25, 0.3) is 0 Å². The minimum Gasteiger partial charge on any atom is -0.429 e. The highest BCUT2D eigenvalue weighted by Gasteiger charge is 2.39. The molecule has 4 atom stereocenters. The van der Waals surface area contributed by atoms with E-state index in [-0.39, 0.29) is 5.92 Å². The lowest BCUT2D eigenvalue weighted by molar-refractivity contribution is -0.0546. The van der Waals surface area contributed by atoms with Crippen LogP contribution in [0, 0.1) is 41.2 Å². The molecule has 0 aliphatic heterocycles. The summed E-state index contributed by atoms with van der Waals surface area (Å²) in [4.78, 5) is 0. The van der Waals surface area contributed by atoms with Gasteiger partial charge in [-0.1, -0.05) is 25.0 Å². The van der Waals surface area contributed by atoms with Gasteiger partial charge in [0, 0.05) is 0 Å². The molecule has 33 heavy (non-hydrogen) atoms. The van der Waals surface area contributed by atoms with E-state index in [0.29, 0.717) is 11.5 Å². The molecule has 0 spiro atoms. The summed E-state index contributed by atoms with van der Waals surface area (Å²) < 4.78 is 57.3. The zero-order valence-corrected chi connectivity index (χ0v) is 19.8. The first-order chi connectivity index (χ1) is 15.9. The van der Waals surface area contributed by atoms with Gasteiger partial charge in [0.25, 0.3) is 0 Å². The normalized spacial score (nSPS) is 32.8. The molecule has 4 unspecified atom stereocenters. The summed E-state index contributed by atoms with van der Waals surface area (Å²) in [7, 11) is 0. The second-order valence-electron chi connectivity index (χ2n) is 10.7. The fourth-order valence-corrected chi connectivity index (χ4v) is 7.12. The van der Waals surface area contributed by atoms with Gasteiger partial charge < -0.3 is 4.74 Å². The van der Waals surface area contributed by atoms with Crippen LogP contribution in [0.2, 0.25) is 0 Å². The van der Waals surface area contributed by atoms with E-state index >= 15 is 0 Å². The molecule has 3 aliphatic rings. The third kappa shape index (κ3) is 6.14. The maximum atomic E-state index is 14.2. The Morgan fingerprint density at radius 3 is 2.06 bits per heavy atom. The van der Waals surface area contributed by atoms with Crippen molar-refractivity contribution in [3.05, 3.63) is 41.5 Å². The zero-order valence-electron chi connectivity index (χ0n) is 19.8. The molecular formula is C28H38F4O. The van der Waals surface area contributed by atoms with Crippen LogP contribution in [-0.2, 0) is 0 Å². The number of allylic oxidation sites excluding steroid dienone is 2. The number of ether oxygens (including phenoxy) is 1. The van der Waals surface area contributed by atoms with Gasteiger partial charge in [-0.3, -0.25) is 0 Å². The standard InChI is InChI=1S/C28H38F4O/c1-2-3-4-5-18-6-8-19(9-7-18)20-10-11-22-15-23(13-12-21(22)14-20)24-16-25(29)27(26(30)17-24)33-28(31)32/h2-3,16-23,28H,4-15H2,1H3/b3-2+. The third-order valence-corrected chi connectivity index (χ3v) is 8.89. The molecule has 0 amide bonds. The van der Waals surface area contributed by atoms with Gasteiger partial charge in [-0.05, 0) is 124 Å². The smallest absolute Gasteiger partial charge is 0.387 e. The highest BCUT2D eigenvalue weighted by atomic mass is 19.3. The van der Waals surface area contributed by atoms with Gasteiger partial charge >= 0.3 is 6.61 Å². The quantitative estimate of drug-likeness (QED) is 0.288. The number of rotatable bonds is 7. The van der Waals surface area contributed by atoms with E-state index in [2.05, 4.69) is 23.8 Å². The molecule has 4 rings (SSSR count). The molecule has 1 aromatic rings. The van der Waals surface area contributed by atoms with Crippen LogP contribution < -0.4 is 4.74 Å². The van der Waals surface area contributed by atoms with E-state index in [4.69, 9.17) is 0 Å². The minimum absolute atomic E-state index is 0.0972. The largest absolute Gasteiger partial charge is 0.429 e. The van der Waals surface area contributed by atoms with Gasteiger partial charge in [0.05, 0.1) is 0 Å². The highest BCUT2D eigenvalue weighted by Crippen LogP contribution is 2.51. The molecule has 0 aromatic heterocycles. The van der Waals surface area contributed by atoms with Gasteiger partial charge in [-0.25, -0.2) is 8.78 Å². The lowest BCUT2D eigenvalue weighted by Crippen LogP contribution is -2.34. The molecule has 0 radical (unpaired) electrons. The molecule has 1 aromatic carbocycles. The average Bonchev–Trinajstić information content (AvgIpc) is 2.81. The van der Waals surface area contributed by atoms with Crippen molar-refractivity contribution in [1.82, 2.24) is 0 Å². The fraction of sp³-hybridized carbons (Fsp3) is 0.714. The first-order valence-electron chi connectivity index (χ1n) is 13.0. The number of hydrogen-bond donors (Lipinski definition) is 0. The van der Waals surface area contributed by atoms with E-state index < -0.39 is 24.0 Å². The number of hydrogen-bond acceptors (Lipinski definition) is 1. The summed E-state index contributed by atoms with van der Waals surface area (Å²) in [5.74, 6) is 1.04. The topological polar surface area (TPSA) is 9.23 Å². The van der Waals surface area contributed by atoms with E-state index in [9.17, 15) is 17.6 Å². The van der Waals surface area contributed by atoms with Crippen molar-refractivity contribution in [2.24, 2.45) is 29.6 Å². The molecule has 184 valence electrons. The Bertz CT molecular complexity index is 776. The number of fused-ring (bicyclic) bond motifs is 1. The Kier molecular flexibility index (Phi) is 8.40. The van der Waals surface area contributed by atoms with Gasteiger partial charge in [-0.15, -0.1) is 0 Å². The monoisotopic (exact) mass is 466 g/mol. The van der Waals surface area contributed by atoms with E-state index in [1.54, 1.807) is 0 Å². The van der Waals surface area contributed by atoms with Gasteiger partial charge in [0.1, 0.15) is 0 Å². The van der Waals surface area contributed by atoms with Crippen molar-refractivity contribution >= 4 is 0 Å². The number of alkyl halides is 2. The SMILES string of the molecule is C/C=C/CCC1CCC(C2CCC3CC(c4cc(F)c(OC(F)F)c(F)c4)CCC3C2)CC1. The number of benzene rings is 1. The zero-order chi connectivity index (χ0) is 23.4. The summed E-state index contributed by atoms with van der Waals surface area (Å²) in [6.45, 7) is -1.14. The Labute approximate surface area is 196 Å². The molecule has 3 aliphatic carbocycles. The van der Waals surface area contributed by atoms with Crippen molar-refractivity contribution in [1.29, 1.82) is 0 Å². The summed E-state index contributed by atoms with van der Waals surface area (Å²) in [6, 6.07) is 2.40. The summed E-state index contributed by atoms with van der Waals surface area (Å²) in [5.41, 5.74) is 0.587. The van der Waals surface area contributed by atoms with Crippen molar-refractivity contribution in [3.63, 3.8) is 0 Å². The lowest BCUT2D eigenvalue weighted by Gasteiger charge is -2.45. The summed E-state index contributed by atoms with van der Waals surface area (Å²) in [6.07, 6.45) is 19.3. The molecule has 5 heteroatoms. The van der Waals surface area contributed by atoms with Crippen LogP contribution in [0.4, 0.5) is 17.6 Å². The molecule has 3 saturated carbocycles. The van der Waals surface area contributed by atoms with E-state index in [0.717, 1.165) is 42.9 Å². The molecule has 0 N–H and O–H groups in total. The van der Waals surface area contributed by atoms with Gasteiger partial charge in [0.2, 0.25) is 0 Å². The average molecular weight is 467 g/mol. The predicted octanol–water partition coefficient (Wildman–Crippen LogP) is 9.03. The minimum atomic E-state index is -3.24. The first kappa shape index (κ1) is 24.6. The lowest BCUT2D eigenvalue weighted by atomic mass is 9.60. The maximum Gasteiger partial charge on any atom is 0.387 e. The second-order valence-corrected chi connectivity index (χ2v) is 10.7. The van der Waals surface area contributed by atoms with Crippen LogP contribution >= 0.6 is 0 Å². The Morgan fingerprint density at radius 1 is 0.848 bits per heavy atom. The van der Waals surface area contributed by atoms with Crippen molar-refractivity contribution in [3.8, 4) is 5.75 Å². The van der Waals surface area contributed by atoms with Crippen molar-refractivity contribution in [2.75, 3.05) is 0 Å². The summed E-state index contributed by atoms with van der Waals surface area (Å²) in [5, 5.41) is 0. The van der Waals surface area contributed by atoms with Gasteiger partial charge in [0.15, 0.2) is 17.4 Å². The van der Waals surface area contributed by atoms with Crippen LogP contribution in [0.5, 0.6) is 5.75 Å². The summed E-state index contributed by atoms with van der Waals surface area (Å²) >= 11 is 0. The second kappa shape index (κ2) is 11.3. The molecule has 0 heterocycles. The van der Waals surface area contributed by atoms with E-state index in [1.165, 1.54) is 69.9 Å². The fourth-order valence-electron chi connectivity index (χ4n) is 7.12. The maximum absolute atomic E-state index is 14.2. The predicted molar refractivity (Wildman–Crippen MR) is 123 cm³/mol. The molecule has 1 nitrogen and oxygen atoms in total. The Balaban J connectivity index is 1.29. The Hall–Kier alpha value is -1.52. The van der Waals surface area contributed by atoms with Crippen molar-refractivity contribution in [2.45, 2.75) is 96.5 Å². The van der Waals surface area contributed by atoms with Crippen LogP contribution in [0.3, 0.4) is 0 Å². The van der Waals surface area contributed by atoms with Crippen LogP contribution in [0.1, 0.15) is 95.5 Å². The highest BCUT2D eigenvalue weighted by molar-refractivity contribution is 5.33. The molecule has 0 bridgehead atoms. The van der Waals surface area contributed by atoms with Crippen molar-refractivity contribution < 1.29 is 22.3 Å². The molecular weight excluding hydrogens is 428 g/mol. The Morgan fingerprint density at radius 2 is 1.42 bits per heavy atom. The van der Waals surface area contributed by atoms with Crippen LogP contribution in [-0.4, -0.2) is 6.61 Å². The molecule has 0 saturated heterocycles. The third-order valence-electron chi connectivity index (χ3n) is 8.89. The first-order valence-corrected chi connectivity index (χ1v) is 13.0. The van der Waals surface area contributed by atoms with Gasteiger partial charge in [-0.2, -0.15) is 8.78 Å².